The van der Waals surface area contributed by atoms with Crippen molar-refractivity contribution in [1.82, 2.24) is 5.48 Å². The van der Waals surface area contributed by atoms with Crippen LogP contribution in [0.1, 0.15) is 19.8 Å². The van der Waals surface area contributed by atoms with Crippen molar-refractivity contribution < 1.29 is 19.4 Å². The van der Waals surface area contributed by atoms with Crippen molar-refractivity contribution in [2.24, 2.45) is 0 Å². The van der Waals surface area contributed by atoms with Gasteiger partial charge < -0.3 is 14.6 Å². The summed E-state index contributed by atoms with van der Waals surface area (Å²) in [5.41, 5.74) is 3.22. The molecule has 0 aliphatic rings. The second kappa shape index (κ2) is 11.3. The highest BCUT2D eigenvalue weighted by molar-refractivity contribution is 6.67. The molecule has 0 amide bonds. The van der Waals surface area contributed by atoms with E-state index in [4.69, 9.17) is 72.3 Å². The van der Waals surface area contributed by atoms with E-state index in [0.29, 0.717) is 24.7 Å². The first-order chi connectivity index (χ1) is 11.7. The van der Waals surface area contributed by atoms with Crippen LogP contribution in [-0.4, -0.2) is 28.7 Å². The summed E-state index contributed by atoms with van der Waals surface area (Å²) in [5, 5.41) is 9.87. The van der Waals surface area contributed by atoms with Gasteiger partial charge in [0.05, 0.1) is 29.0 Å². The molecule has 1 aromatic rings. The van der Waals surface area contributed by atoms with Gasteiger partial charge in [-0.05, 0) is 19.8 Å². The Hall–Kier alpha value is -0.430. The van der Waals surface area contributed by atoms with Crippen LogP contribution in [0.5, 0.6) is 11.5 Å². The largest absolute Gasteiger partial charge is 0.508 e. The number of alkyl halides is 3. The molecule has 2 N–H and O–H groups in total. The van der Waals surface area contributed by atoms with Gasteiger partial charge in [0.1, 0.15) is 18.6 Å². The van der Waals surface area contributed by atoms with E-state index in [9.17, 15) is 5.11 Å². The van der Waals surface area contributed by atoms with Gasteiger partial charge in [0.15, 0.2) is 5.75 Å². The summed E-state index contributed by atoms with van der Waals surface area (Å²) in [6.07, 6.45) is 3.00. The Balaban J connectivity index is 2.15. The van der Waals surface area contributed by atoms with Crippen LogP contribution in [0.4, 0.5) is 0 Å². The van der Waals surface area contributed by atoms with Crippen LogP contribution in [0.2, 0.25) is 10.0 Å². The third kappa shape index (κ3) is 10.3. The lowest BCUT2D eigenvalue weighted by Crippen LogP contribution is -2.21. The number of ether oxygens (including phenoxy) is 2. The van der Waals surface area contributed by atoms with Gasteiger partial charge >= 0.3 is 0 Å². The molecular formula is C15H18Cl5NO4. The minimum Gasteiger partial charge on any atom is -0.508 e. The standard InChI is InChI=1S/C15H18Cl5NO4/c1-10(21-25-9-15(18,19)20)8-23-4-2-3-5-24-14-12(16)6-11(22)7-13(14)17/h6-8,21-22H,2-5,9H2,1H3. The number of phenols is 1. The van der Waals surface area contributed by atoms with Crippen molar-refractivity contribution in [3.63, 3.8) is 0 Å². The third-order valence-electron chi connectivity index (χ3n) is 2.62. The second-order valence-electron chi connectivity index (χ2n) is 4.97. The lowest BCUT2D eigenvalue weighted by Gasteiger charge is -2.12. The van der Waals surface area contributed by atoms with Crippen LogP contribution in [0.15, 0.2) is 24.1 Å². The van der Waals surface area contributed by atoms with Crippen molar-refractivity contribution >= 4 is 58.0 Å². The number of hydrogen-bond donors (Lipinski definition) is 2. The summed E-state index contributed by atoms with van der Waals surface area (Å²) in [4.78, 5) is 4.98. The second-order valence-corrected chi connectivity index (χ2v) is 8.30. The SMILES string of the molecule is CC(=COCCCCOc1c(Cl)cc(O)cc1Cl)NOCC(Cl)(Cl)Cl. The highest BCUT2D eigenvalue weighted by atomic mass is 35.6. The van der Waals surface area contributed by atoms with E-state index >= 15 is 0 Å². The molecule has 25 heavy (non-hydrogen) atoms. The third-order valence-corrected chi connectivity index (χ3v) is 3.50. The molecule has 0 spiro atoms. The molecule has 10 heteroatoms. The molecule has 0 fully saturated rings. The predicted molar refractivity (Wildman–Crippen MR) is 102 cm³/mol. The number of hydroxylamine groups is 1. The van der Waals surface area contributed by atoms with Gasteiger partial charge in [0, 0.05) is 12.1 Å². The fourth-order valence-electron chi connectivity index (χ4n) is 1.59. The van der Waals surface area contributed by atoms with Crippen LogP contribution in [-0.2, 0) is 9.57 Å². The number of hydrogen-bond acceptors (Lipinski definition) is 5. The molecule has 142 valence electrons. The smallest absolute Gasteiger partial charge is 0.216 e. The molecule has 0 saturated heterocycles. The number of phenolic OH excluding ortho intramolecular Hbond substituents is 1. The van der Waals surface area contributed by atoms with Crippen LogP contribution in [0.3, 0.4) is 0 Å². The molecule has 1 rings (SSSR count). The average molecular weight is 454 g/mol. The Kier molecular flexibility index (Phi) is 10.2. The van der Waals surface area contributed by atoms with E-state index in [1.807, 2.05) is 0 Å². The Bertz CT molecular complexity index is 555. The first kappa shape index (κ1) is 22.6. The Morgan fingerprint density at radius 2 is 1.76 bits per heavy atom. The molecule has 0 unspecified atom stereocenters. The van der Waals surface area contributed by atoms with Crippen molar-refractivity contribution in [2.45, 2.75) is 23.6 Å². The van der Waals surface area contributed by atoms with Crippen LogP contribution in [0, 0.1) is 0 Å². The van der Waals surface area contributed by atoms with Crippen molar-refractivity contribution in [1.29, 1.82) is 0 Å². The van der Waals surface area contributed by atoms with Gasteiger partial charge in [-0.2, -0.15) is 0 Å². The maximum Gasteiger partial charge on any atom is 0.216 e. The summed E-state index contributed by atoms with van der Waals surface area (Å²) in [5.74, 6) is 0.345. The summed E-state index contributed by atoms with van der Waals surface area (Å²) in [6, 6.07) is 2.74. The van der Waals surface area contributed by atoms with E-state index in [-0.39, 0.29) is 22.4 Å². The summed E-state index contributed by atoms with van der Waals surface area (Å²) in [6.45, 7) is 2.56. The van der Waals surface area contributed by atoms with Gasteiger partial charge in [-0.3, -0.25) is 10.3 Å². The van der Waals surface area contributed by atoms with Crippen molar-refractivity contribution in [3.8, 4) is 11.5 Å². The zero-order valence-corrected chi connectivity index (χ0v) is 17.1. The van der Waals surface area contributed by atoms with Crippen LogP contribution >= 0.6 is 58.0 Å². The molecule has 0 bridgehead atoms. The van der Waals surface area contributed by atoms with E-state index in [1.54, 1.807) is 6.92 Å². The average Bonchev–Trinajstić information content (AvgIpc) is 2.47. The molecule has 0 heterocycles. The zero-order chi connectivity index (χ0) is 18.9. The highest BCUT2D eigenvalue weighted by Crippen LogP contribution is 2.36. The Labute approximate surface area is 171 Å². The van der Waals surface area contributed by atoms with Gasteiger partial charge in [-0.1, -0.05) is 58.0 Å². The van der Waals surface area contributed by atoms with Gasteiger partial charge in [0.25, 0.3) is 0 Å². The zero-order valence-electron chi connectivity index (χ0n) is 13.3. The number of halogens is 5. The van der Waals surface area contributed by atoms with E-state index in [0.717, 1.165) is 12.8 Å². The normalized spacial score (nSPS) is 12.2. The lowest BCUT2D eigenvalue weighted by molar-refractivity contribution is 0.0633. The monoisotopic (exact) mass is 451 g/mol. The number of rotatable bonds is 10. The maximum absolute atomic E-state index is 9.35. The van der Waals surface area contributed by atoms with E-state index < -0.39 is 3.79 Å². The Morgan fingerprint density at radius 1 is 1.16 bits per heavy atom. The Morgan fingerprint density at radius 3 is 2.36 bits per heavy atom. The number of nitrogens with one attached hydrogen (secondary N) is 1. The molecule has 5 nitrogen and oxygen atoms in total. The molecule has 1 aromatic carbocycles. The molecular weight excluding hydrogens is 435 g/mol. The van der Waals surface area contributed by atoms with Gasteiger partial charge in [-0.25, -0.2) is 0 Å². The summed E-state index contributed by atoms with van der Waals surface area (Å²) in [7, 11) is 0. The van der Waals surface area contributed by atoms with E-state index in [2.05, 4.69) is 5.48 Å². The van der Waals surface area contributed by atoms with Crippen LogP contribution < -0.4 is 10.2 Å². The molecule has 0 aromatic heterocycles. The van der Waals surface area contributed by atoms with Crippen molar-refractivity contribution in [2.75, 3.05) is 19.8 Å². The lowest BCUT2D eigenvalue weighted by atomic mass is 10.3. The topological polar surface area (TPSA) is 60.0 Å². The number of aromatic hydroxyl groups is 1. The fourth-order valence-corrected chi connectivity index (χ4v) is 2.33. The summed E-state index contributed by atoms with van der Waals surface area (Å²) >= 11 is 28.5. The molecule has 0 radical (unpaired) electrons. The fraction of sp³-hybridized carbons (Fsp3) is 0.467. The quantitative estimate of drug-likeness (QED) is 0.208. The van der Waals surface area contributed by atoms with Crippen LogP contribution in [0.25, 0.3) is 0 Å². The minimum absolute atomic E-state index is 0.00988. The minimum atomic E-state index is -1.47. The van der Waals surface area contributed by atoms with E-state index in [1.165, 1.54) is 18.4 Å². The van der Waals surface area contributed by atoms with Gasteiger partial charge in [0.2, 0.25) is 3.79 Å². The first-order valence-corrected chi connectivity index (χ1v) is 9.12. The molecule has 0 saturated carbocycles. The maximum atomic E-state index is 9.35. The molecule has 0 atom stereocenters. The predicted octanol–water partition coefficient (Wildman–Crippen LogP) is 5.63. The molecule has 0 aliphatic carbocycles. The number of unbranched alkanes of at least 4 members (excludes halogenated alkanes) is 1. The highest BCUT2D eigenvalue weighted by Gasteiger charge is 2.19. The number of benzene rings is 1. The number of allylic oxidation sites excluding steroid dienone is 1. The summed E-state index contributed by atoms with van der Waals surface area (Å²) < 4.78 is 9.39. The van der Waals surface area contributed by atoms with Crippen molar-refractivity contribution in [3.05, 3.63) is 34.1 Å². The first-order valence-electron chi connectivity index (χ1n) is 7.23. The van der Waals surface area contributed by atoms with Gasteiger partial charge in [-0.15, -0.1) is 0 Å². The molecule has 0 aliphatic heterocycles.